The molecule has 0 aromatic rings. The minimum atomic E-state index is -1.08. The van der Waals surface area contributed by atoms with Crippen LogP contribution in [0.5, 0.6) is 0 Å². The van der Waals surface area contributed by atoms with Gasteiger partial charge >= 0.3 is 0 Å². The summed E-state index contributed by atoms with van der Waals surface area (Å²) in [6, 6.07) is 0. The SMILES string of the molecule is CC(C)(C(=O)NCCN1CCOCC1)C(=O)NCC1CCCO1. The van der Waals surface area contributed by atoms with Gasteiger partial charge in [-0.05, 0) is 26.7 Å². The Labute approximate surface area is 138 Å². The fourth-order valence-electron chi connectivity index (χ4n) is 2.71. The van der Waals surface area contributed by atoms with Crippen molar-refractivity contribution in [1.29, 1.82) is 0 Å². The van der Waals surface area contributed by atoms with Gasteiger partial charge in [0.1, 0.15) is 5.41 Å². The molecule has 2 fully saturated rings. The van der Waals surface area contributed by atoms with Crippen molar-refractivity contribution in [3.05, 3.63) is 0 Å². The smallest absolute Gasteiger partial charge is 0.235 e. The van der Waals surface area contributed by atoms with Gasteiger partial charge in [-0.3, -0.25) is 14.5 Å². The monoisotopic (exact) mass is 327 g/mol. The van der Waals surface area contributed by atoms with Crippen molar-refractivity contribution >= 4 is 11.8 Å². The molecule has 2 saturated heterocycles. The summed E-state index contributed by atoms with van der Waals surface area (Å²) >= 11 is 0. The summed E-state index contributed by atoms with van der Waals surface area (Å²) in [6.07, 6.45) is 2.08. The molecular formula is C16H29N3O4. The van der Waals surface area contributed by atoms with Crippen LogP contribution >= 0.6 is 0 Å². The summed E-state index contributed by atoms with van der Waals surface area (Å²) in [4.78, 5) is 26.8. The van der Waals surface area contributed by atoms with Crippen LogP contribution in [0.3, 0.4) is 0 Å². The van der Waals surface area contributed by atoms with Crippen LogP contribution in [0.4, 0.5) is 0 Å². The second kappa shape index (κ2) is 8.61. The first-order chi connectivity index (χ1) is 11.0. The lowest BCUT2D eigenvalue weighted by molar-refractivity contribution is -0.141. The van der Waals surface area contributed by atoms with E-state index in [9.17, 15) is 9.59 Å². The lowest BCUT2D eigenvalue weighted by atomic mass is 9.91. The van der Waals surface area contributed by atoms with Crippen molar-refractivity contribution in [2.75, 3.05) is 52.5 Å². The number of rotatable bonds is 7. The molecule has 0 spiro atoms. The van der Waals surface area contributed by atoms with Gasteiger partial charge in [-0.1, -0.05) is 0 Å². The molecule has 23 heavy (non-hydrogen) atoms. The predicted octanol–water partition coefficient (Wildman–Crippen LogP) is -0.244. The van der Waals surface area contributed by atoms with Crippen molar-refractivity contribution in [2.24, 2.45) is 5.41 Å². The van der Waals surface area contributed by atoms with Crippen LogP contribution in [0.15, 0.2) is 0 Å². The maximum absolute atomic E-state index is 12.3. The highest BCUT2D eigenvalue weighted by Crippen LogP contribution is 2.16. The number of carbonyl (C=O) groups excluding carboxylic acids is 2. The van der Waals surface area contributed by atoms with Crippen molar-refractivity contribution in [3.63, 3.8) is 0 Å². The van der Waals surface area contributed by atoms with Crippen LogP contribution in [0.2, 0.25) is 0 Å². The summed E-state index contributed by atoms with van der Waals surface area (Å²) in [7, 11) is 0. The molecule has 0 bridgehead atoms. The molecule has 2 N–H and O–H groups in total. The van der Waals surface area contributed by atoms with Crippen LogP contribution in [-0.2, 0) is 19.1 Å². The van der Waals surface area contributed by atoms with Gasteiger partial charge in [0.15, 0.2) is 0 Å². The highest BCUT2D eigenvalue weighted by atomic mass is 16.5. The van der Waals surface area contributed by atoms with E-state index in [4.69, 9.17) is 9.47 Å². The van der Waals surface area contributed by atoms with E-state index >= 15 is 0 Å². The summed E-state index contributed by atoms with van der Waals surface area (Å²) < 4.78 is 10.8. The minimum absolute atomic E-state index is 0.0825. The first-order valence-electron chi connectivity index (χ1n) is 8.48. The molecule has 1 atom stereocenters. The van der Waals surface area contributed by atoms with Crippen LogP contribution in [0.25, 0.3) is 0 Å². The zero-order valence-electron chi connectivity index (χ0n) is 14.2. The van der Waals surface area contributed by atoms with E-state index in [1.165, 1.54) is 0 Å². The van der Waals surface area contributed by atoms with Crippen molar-refractivity contribution in [3.8, 4) is 0 Å². The molecule has 0 aromatic heterocycles. The van der Waals surface area contributed by atoms with Crippen LogP contribution in [0, 0.1) is 5.41 Å². The first kappa shape index (κ1) is 18.2. The van der Waals surface area contributed by atoms with E-state index in [-0.39, 0.29) is 17.9 Å². The largest absolute Gasteiger partial charge is 0.379 e. The van der Waals surface area contributed by atoms with Crippen molar-refractivity contribution in [2.45, 2.75) is 32.8 Å². The zero-order valence-corrected chi connectivity index (χ0v) is 14.2. The van der Waals surface area contributed by atoms with E-state index in [0.717, 1.165) is 52.3 Å². The molecule has 0 radical (unpaired) electrons. The van der Waals surface area contributed by atoms with Crippen molar-refractivity contribution < 1.29 is 19.1 Å². The maximum Gasteiger partial charge on any atom is 0.235 e. The third-order valence-electron chi connectivity index (χ3n) is 4.47. The van der Waals surface area contributed by atoms with Gasteiger partial charge in [0.2, 0.25) is 11.8 Å². The summed E-state index contributed by atoms with van der Waals surface area (Å²) in [6.45, 7) is 9.13. The molecule has 132 valence electrons. The van der Waals surface area contributed by atoms with Crippen molar-refractivity contribution in [1.82, 2.24) is 15.5 Å². The molecule has 0 aromatic carbocycles. The first-order valence-corrected chi connectivity index (χ1v) is 8.48. The summed E-state index contributed by atoms with van der Waals surface area (Å²) in [5, 5.41) is 5.70. The third-order valence-corrected chi connectivity index (χ3v) is 4.47. The van der Waals surface area contributed by atoms with E-state index in [1.807, 2.05) is 0 Å². The Hall–Kier alpha value is -1.18. The molecule has 2 amide bonds. The van der Waals surface area contributed by atoms with Gasteiger partial charge in [-0.15, -0.1) is 0 Å². The molecule has 2 aliphatic heterocycles. The molecule has 0 aliphatic carbocycles. The third kappa shape index (κ3) is 5.44. The number of morpholine rings is 1. The molecule has 2 rings (SSSR count). The number of amides is 2. The molecule has 2 aliphatic rings. The lowest BCUT2D eigenvalue weighted by Gasteiger charge is -2.28. The van der Waals surface area contributed by atoms with Gasteiger partial charge in [-0.2, -0.15) is 0 Å². The second-order valence-electron chi connectivity index (χ2n) is 6.68. The topological polar surface area (TPSA) is 79.9 Å². The number of carbonyl (C=O) groups is 2. The molecular weight excluding hydrogens is 298 g/mol. The number of ether oxygens (including phenoxy) is 2. The Kier molecular flexibility index (Phi) is 6.80. The number of nitrogens with zero attached hydrogens (tertiary/aromatic N) is 1. The molecule has 0 saturated carbocycles. The molecule has 2 heterocycles. The lowest BCUT2D eigenvalue weighted by Crippen LogP contribution is -2.50. The summed E-state index contributed by atoms with van der Waals surface area (Å²) in [5.41, 5.74) is -1.08. The van der Waals surface area contributed by atoms with Crippen LogP contribution < -0.4 is 10.6 Å². The Balaban J connectivity index is 1.68. The summed E-state index contributed by atoms with van der Waals surface area (Å²) in [5.74, 6) is -0.493. The second-order valence-corrected chi connectivity index (χ2v) is 6.68. The van der Waals surface area contributed by atoms with Gasteiger partial charge in [-0.25, -0.2) is 0 Å². The van der Waals surface area contributed by atoms with E-state index in [2.05, 4.69) is 15.5 Å². The van der Waals surface area contributed by atoms with E-state index in [0.29, 0.717) is 13.1 Å². The highest BCUT2D eigenvalue weighted by molar-refractivity contribution is 6.04. The normalized spacial score (nSPS) is 22.8. The average molecular weight is 327 g/mol. The number of hydrogen-bond donors (Lipinski definition) is 2. The Bertz CT molecular complexity index is 402. The average Bonchev–Trinajstić information content (AvgIpc) is 3.06. The van der Waals surface area contributed by atoms with Gasteiger partial charge in [0.25, 0.3) is 0 Å². The Morgan fingerprint density at radius 2 is 1.83 bits per heavy atom. The minimum Gasteiger partial charge on any atom is -0.379 e. The molecule has 1 unspecified atom stereocenters. The number of hydrogen-bond acceptors (Lipinski definition) is 5. The Morgan fingerprint density at radius 3 is 2.48 bits per heavy atom. The predicted molar refractivity (Wildman–Crippen MR) is 86.0 cm³/mol. The Morgan fingerprint density at radius 1 is 1.13 bits per heavy atom. The fraction of sp³-hybridized carbons (Fsp3) is 0.875. The van der Waals surface area contributed by atoms with Gasteiger partial charge < -0.3 is 20.1 Å². The molecule has 7 nitrogen and oxygen atoms in total. The van der Waals surface area contributed by atoms with Crippen LogP contribution in [0.1, 0.15) is 26.7 Å². The molecule has 7 heteroatoms. The highest BCUT2D eigenvalue weighted by Gasteiger charge is 2.36. The number of nitrogens with one attached hydrogen (secondary N) is 2. The quantitative estimate of drug-likeness (QED) is 0.631. The van der Waals surface area contributed by atoms with E-state index < -0.39 is 5.41 Å². The standard InChI is InChI=1S/C16H29N3O4/c1-16(2,15(21)18-12-13-4-3-9-23-13)14(20)17-5-6-19-7-10-22-11-8-19/h13H,3-12H2,1-2H3,(H,17,20)(H,18,21). The van der Waals surface area contributed by atoms with Gasteiger partial charge in [0, 0.05) is 39.3 Å². The maximum atomic E-state index is 12.3. The van der Waals surface area contributed by atoms with Crippen LogP contribution in [-0.4, -0.2) is 75.4 Å². The van der Waals surface area contributed by atoms with E-state index in [1.54, 1.807) is 13.8 Å². The fourth-order valence-corrected chi connectivity index (χ4v) is 2.71. The van der Waals surface area contributed by atoms with Gasteiger partial charge in [0.05, 0.1) is 19.3 Å². The zero-order chi connectivity index (χ0) is 16.7.